The maximum absolute atomic E-state index is 11.8. The summed E-state index contributed by atoms with van der Waals surface area (Å²) in [5.41, 5.74) is 4.16. The molecule has 0 fully saturated rings. The Labute approximate surface area is 156 Å². The summed E-state index contributed by atoms with van der Waals surface area (Å²) < 4.78 is 29.1. The standard InChI is InChI=1S/C20H26N2O3S/c1-21(2)13-8-14-22-18-11-6-4-9-16(18)15-20(25-26(3,23)24)17-10-5-7-12-19(17)22/h4-7,9-12,20H,8,13-15H2,1-3H3. The van der Waals surface area contributed by atoms with E-state index >= 15 is 0 Å². The Balaban J connectivity index is 2.05. The van der Waals surface area contributed by atoms with E-state index in [2.05, 4.69) is 36.0 Å². The normalized spacial score (nSPS) is 16.9. The molecule has 0 amide bonds. The first-order valence-electron chi connectivity index (χ1n) is 8.82. The van der Waals surface area contributed by atoms with Gasteiger partial charge in [-0.1, -0.05) is 36.4 Å². The van der Waals surface area contributed by atoms with Crippen LogP contribution in [0.2, 0.25) is 0 Å². The Bertz CT molecular complexity index is 865. The Morgan fingerprint density at radius 3 is 2.42 bits per heavy atom. The molecule has 1 aliphatic heterocycles. The lowest BCUT2D eigenvalue weighted by Gasteiger charge is -2.27. The van der Waals surface area contributed by atoms with Gasteiger partial charge in [0, 0.05) is 29.9 Å². The predicted molar refractivity (Wildman–Crippen MR) is 105 cm³/mol. The van der Waals surface area contributed by atoms with Crippen LogP contribution in [0.5, 0.6) is 0 Å². The van der Waals surface area contributed by atoms with E-state index in [1.807, 2.05) is 36.4 Å². The molecule has 26 heavy (non-hydrogen) atoms. The predicted octanol–water partition coefficient (Wildman–Crippen LogP) is 3.35. The summed E-state index contributed by atoms with van der Waals surface area (Å²) in [7, 11) is 0.583. The first kappa shape index (κ1) is 18.9. The van der Waals surface area contributed by atoms with Gasteiger partial charge in [-0.3, -0.25) is 4.18 Å². The molecule has 0 aromatic heterocycles. The third-order valence-electron chi connectivity index (χ3n) is 4.54. The van der Waals surface area contributed by atoms with Crippen LogP contribution in [-0.4, -0.2) is 46.8 Å². The Morgan fingerprint density at radius 1 is 1.08 bits per heavy atom. The zero-order chi connectivity index (χ0) is 18.7. The maximum atomic E-state index is 11.8. The van der Waals surface area contributed by atoms with Crippen molar-refractivity contribution in [2.24, 2.45) is 0 Å². The summed E-state index contributed by atoms with van der Waals surface area (Å²) in [6.45, 7) is 1.85. The lowest BCUT2D eigenvalue weighted by atomic mass is 10.0. The number of hydrogen-bond acceptors (Lipinski definition) is 5. The molecule has 1 heterocycles. The number of nitrogens with zero attached hydrogens (tertiary/aromatic N) is 2. The molecule has 0 radical (unpaired) electrons. The highest BCUT2D eigenvalue weighted by Gasteiger charge is 2.29. The molecule has 1 atom stereocenters. The van der Waals surface area contributed by atoms with Gasteiger partial charge in [0.2, 0.25) is 0 Å². The number of fused-ring (bicyclic) bond motifs is 2. The Morgan fingerprint density at radius 2 is 1.73 bits per heavy atom. The van der Waals surface area contributed by atoms with Gasteiger partial charge in [-0.15, -0.1) is 0 Å². The van der Waals surface area contributed by atoms with Crippen molar-refractivity contribution in [3.05, 3.63) is 59.7 Å². The number of rotatable bonds is 6. The van der Waals surface area contributed by atoms with Crippen LogP contribution in [0, 0.1) is 0 Å². The summed E-state index contributed by atoms with van der Waals surface area (Å²) in [5, 5.41) is 0. The van der Waals surface area contributed by atoms with Gasteiger partial charge in [0.05, 0.1) is 6.26 Å². The Hall–Kier alpha value is -1.89. The van der Waals surface area contributed by atoms with E-state index in [0.717, 1.165) is 48.3 Å². The average Bonchev–Trinajstić information content (AvgIpc) is 2.69. The van der Waals surface area contributed by atoms with E-state index in [1.54, 1.807) is 0 Å². The third-order valence-corrected chi connectivity index (χ3v) is 5.12. The highest BCUT2D eigenvalue weighted by molar-refractivity contribution is 7.86. The van der Waals surface area contributed by atoms with Crippen molar-refractivity contribution in [1.29, 1.82) is 0 Å². The second kappa shape index (κ2) is 7.78. The molecule has 0 saturated heterocycles. The van der Waals surface area contributed by atoms with Crippen LogP contribution < -0.4 is 4.90 Å². The van der Waals surface area contributed by atoms with Crippen molar-refractivity contribution >= 4 is 21.5 Å². The molecular formula is C20H26N2O3S. The van der Waals surface area contributed by atoms with Crippen molar-refractivity contribution < 1.29 is 12.6 Å². The average molecular weight is 375 g/mol. The van der Waals surface area contributed by atoms with Crippen molar-refractivity contribution in [1.82, 2.24) is 4.90 Å². The molecule has 0 bridgehead atoms. The molecule has 2 aromatic rings. The van der Waals surface area contributed by atoms with Crippen LogP contribution in [0.4, 0.5) is 11.4 Å². The molecule has 0 spiro atoms. The summed E-state index contributed by atoms with van der Waals surface area (Å²) in [6.07, 6.45) is 2.14. The van der Waals surface area contributed by atoms with E-state index < -0.39 is 16.2 Å². The molecular weight excluding hydrogens is 348 g/mol. The molecule has 140 valence electrons. The number of benzene rings is 2. The van der Waals surface area contributed by atoms with Crippen molar-refractivity contribution in [3.8, 4) is 0 Å². The third kappa shape index (κ3) is 4.44. The molecule has 1 unspecified atom stereocenters. The summed E-state index contributed by atoms with van der Waals surface area (Å²) in [6, 6.07) is 16.1. The quantitative estimate of drug-likeness (QED) is 0.726. The topological polar surface area (TPSA) is 49.9 Å². The van der Waals surface area contributed by atoms with E-state index in [-0.39, 0.29) is 0 Å². The second-order valence-corrected chi connectivity index (χ2v) is 8.59. The van der Waals surface area contributed by atoms with Gasteiger partial charge in [-0.25, -0.2) is 0 Å². The molecule has 5 nitrogen and oxygen atoms in total. The zero-order valence-electron chi connectivity index (χ0n) is 15.6. The smallest absolute Gasteiger partial charge is 0.264 e. The number of anilines is 2. The summed E-state index contributed by atoms with van der Waals surface area (Å²) in [5.74, 6) is 0. The van der Waals surface area contributed by atoms with Crippen LogP contribution in [-0.2, 0) is 20.7 Å². The SMILES string of the molecule is CN(C)CCCN1c2ccccc2CC(OS(C)(=O)=O)c2ccccc21. The lowest BCUT2D eigenvalue weighted by molar-refractivity contribution is 0.217. The van der Waals surface area contributed by atoms with Gasteiger partial charge >= 0.3 is 0 Å². The largest absolute Gasteiger partial charge is 0.341 e. The van der Waals surface area contributed by atoms with Gasteiger partial charge in [0.25, 0.3) is 10.1 Å². The molecule has 0 N–H and O–H groups in total. The number of para-hydroxylation sites is 2. The summed E-state index contributed by atoms with van der Waals surface area (Å²) >= 11 is 0. The van der Waals surface area contributed by atoms with Gasteiger partial charge in [-0.05, 0) is 44.8 Å². The van der Waals surface area contributed by atoms with E-state index in [1.165, 1.54) is 0 Å². The monoisotopic (exact) mass is 374 g/mol. The second-order valence-electron chi connectivity index (χ2n) is 6.99. The van der Waals surface area contributed by atoms with Crippen LogP contribution in [0.15, 0.2) is 48.5 Å². The maximum Gasteiger partial charge on any atom is 0.264 e. The van der Waals surface area contributed by atoms with Gasteiger partial charge in [0.15, 0.2) is 0 Å². The lowest BCUT2D eigenvalue weighted by Crippen LogP contribution is -2.24. The minimum atomic E-state index is -3.56. The van der Waals surface area contributed by atoms with Crippen molar-refractivity contribution in [2.45, 2.75) is 18.9 Å². The highest BCUT2D eigenvalue weighted by Crippen LogP contribution is 2.41. The first-order chi connectivity index (χ1) is 12.3. The van der Waals surface area contributed by atoms with E-state index in [0.29, 0.717) is 6.42 Å². The van der Waals surface area contributed by atoms with Gasteiger partial charge < -0.3 is 9.80 Å². The minimum Gasteiger partial charge on any atom is -0.341 e. The van der Waals surface area contributed by atoms with E-state index in [9.17, 15) is 8.42 Å². The van der Waals surface area contributed by atoms with Crippen LogP contribution in [0.3, 0.4) is 0 Å². The highest BCUT2D eigenvalue weighted by atomic mass is 32.2. The van der Waals surface area contributed by atoms with Gasteiger partial charge in [-0.2, -0.15) is 8.42 Å². The minimum absolute atomic E-state index is 0.513. The molecule has 2 aromatic carbocycles. The van der Waals surface area contributed by atoms with E-state index in [4.69, 9.17) is 4.18 Å². The van der Waals surface area contributed by atoms with Crippen molar-refractivity contribution in [2.75, 3.05) is 38.3 Å². The molecule has 6 heteroatoms. The fourth-order valence-corrected chi connectivity index (χ4v) is 4.07. The molecule has 0 saturated carbocycles. The fraction of sp³-hybridized carbons (Fsp3) is 0.400. The first-order valence-corrected chi connectivity index (χ1v) is 10.6. The van der Waals surface area contributed by atoms with Gasteiger partial charge in [0.1, 0.15) is 6.10 Å². The number of hydrogen-bond donors (Lipinski definition) is 0. The Kier molecular flexibility index (Phi) is 5.65. The molecule has 0 aliphatic carbocycles. The van der Waals surface area contributed by atoms with Crippen LogP contribution >= 0.6 is 0 Å². The molecule has 1 aliphatic rings. The van der Waals surface area contributed by atoms with Crippen LogP contribution in [0.25, 0.3) is 0 Å². The van der Waals surface area contributed by atoms with Crippen LogP contribution in [0.1, 0.15) is 23.7 Å². The molecule has 3 rings (SSSR count). The summed E-state index contributed by atoms with van der Waals surface area (Å²) in [4.78, 5) is 4.46. The van der Waals surface area contributed by atoms with Crippen molar-refractivity contribution in [3.63, 3.8) is 0 Å². The fourth-order valence-electron chi connectivity index (χ4n) is 3.47. The zero-order valence-corrected chi connectivity index (χ0v) is 16.4.